The van der Waals surface area contributed by atoms with E-state index in [4.69, 9.17) is 19.4 Å². The molecule has 190 valence electrons. The fourth-order valence-electron chi connectivity index (χ4n) is 3.30. The number of hydrogen-bond donors (Lipinski definition) is 4. The van der Waals surface area contributed by atoms with Crippen molar-refractivity contribution in [1.29, 1.82) is 0 Å². The van der Waals surface area contributed by atoms with Gasteiger partial charge in [-0.1, -0.05) is 24.3 Å². The fraction of sp³-hybridized carbons (Fsp3) is 0.360. The molecule has 0 aromatic heterocycles. The van der Waals surface area contributed by atoms with Crippen LogP contribution < -0.4 is 15.5 Å². The van der Waals surface area contributed by atoms with E-state index in [2.05, 4.69) is 5.32 Å². The minimum Gasteiger partial charge on any atom is -0.491 e. The number of ether oxygens (including phenoxy) is 3. The van der Waals surface area contributed by atoms with Gasteiger partial charge in [0.05, 0.1) is 12.7 Å². The summed E-state index contributed by atoms with van der Waals surface area (Å²) in [5.41, 5.74) is 2.71. The van der Waals surface area contributed by atoms with Crippen molar-refractivity contribution in [2.24, 2.45) is 0 Å². The Morgan fingerprint density at radius 1 is 1.14 bits per heavy atom. The predicted molar refractivity (Wildman–Crippen MR) is 134 cm³/mol. The highest BCUT2D eigenvalue weighted by molar-refractivity contribution is 7.98. The highest BCUT2D eigenvalue weighted by Gasteiger charge is 2.30. The van der Waals surface area contributed by atoms with Gasteiger partial charge in [-0.05, 0) is 56.4 Å². The van der Waals surface area contributed by atoms with Crippen LogP contribution >= 0.6 is 11.8 Å². The van der Waals surface area contributed by atoms with Crippen LogP contribution in [0, 0.1) is 0 Å². The van der Waals surface area contributed by atoms with Crippen molar-refractivity contribution in [3.8, 4) is 5.75 Å². The zero-order valence-corrected chi connectivity index (χ0v) is 20.6. The molecule has 9 nitrogen and oxygen atoms in total. The summed E-state index contributed by atoms with van der Waals surface area (Å²) in [5.74, 6) is -0.177. The molecule has 0 aliphatic rings. The van der Waals surface area contributed by atoms with Crippen LogP contribution in [0.5, 0.6) is 5.75 Å². The van der Waals surface area contributed by atoms with Crippen LogP contribution in [0.3, 0.4) is 0 Å². The van der Waals surface area contributed by atoms with E-state index in [1.165, 1.54) is 11.6 Å². The Kier molecular flexibility index (Phi) is 12.7. The van der Waals surface area contributed by atoms with Gasteiger partial charge in [0.15, 0.2) is 6.10 Å². The number of amides is 2. The maximum atomic E-state index is 12.9. The summed E-state index contributed by atoms with van der Waals surface area (Å²) in [6.45, 7) is 2.11. The van der Waals surface area contributed by atoms with E-state index in [-0.39, 0.29) is 13.2 Å². The van der Waals surface area contributed by atoms with Crippen LogP contribution in [0.4, 0.5) is 10.5 Å². The number of para-hydroxylation sites is 1. The first kappa shape index (κ1) is 28.2. The van der Waals surface area contributed by atoms with Crippen molar-refractivity contribution in [2.45, 2.75) is 36.9 Å². The molecule has 10 heteroatoms. The number of allylic oxidation sites excluding steroid dienone is 1. The van der Waals surface area contributed by atoms with E-state index in [1.807, 2.05) is 25.3 Å². The summed E-state index contributed by atoms with van der Waals surface area (Å²) in [5, 5.41) is 20.6. The zero-order chi connectivity index (χ0) is 25.5. The molecular formula is C25H32N2O7S. The van der Waals surface area contributed by atoms with Crippen molar-refractivity contribution in [3.05, 3.63) is 66.2 Å². The molecule has 0 fully saturated rings. The van der Waals surface area contributed by atoms with E-state index >= 15 is 0 Å². The Morgan fingerprint density at radius 3 is 2.54 bits per heavy atom. The summed E-state index contributed by atoms with van der Waals surface area (Å²) >= 11 is 1.60. The molecule has 0 radical (unpaired) electrons. The summed E-state index contributed by atoms with van der Waals surface area (Å²) < 4.78 is 17.5. The molecule has 2 atom stereocenters. The lowest BCUT2D eigenvalue weighted by Gasteiger charge is -2.28. The Bertz CT molecular complexity index is 953. The molecule has 35 heavy (non-hydrogen) atoms. The Hall–Kier alpha value is -3.05. The van der Waals surface area contributed by atoms with Gasteiger partial charge in [0.25, 0.3) is 5.91 Å². The van der Waals surface area contributed by atoms with Crippen LogP contribution in [-0.2, 0) is 14.3 Å². The summed E-state index contributed by atoms with van der Waals surface area (Å²) in [7, 11) is 0. The lowest BCUT2D eigenvalue weighted by Crippen LogP contribution is -2.29. The Labute approximate surface area is 209 Å². The molecule has 0 unspecified atom stereocenters. The van der Waals surface area contributed by atoms with Gasteiger partial charge in [0.2, 0.25) is 0 Å². The average Bonchev–Trinajstić information content (AvgIpc) is 2.88. The van der Waals surface area contributed by atoms with Crippen LogP contribution in [-0.4, -0.2) is 54.5 Å². The number of carbonyl (C=O) groups is 2. The lowest BCUT2D eigenvalue weighted by atomic mass is 9.99. The average molecular weight is 505 g/mol. The smallest absolute Gasteiger partial charge is 0.412 e. The van der Waals surface area contributed by atoms with E-state index < -0.39 is 24.2 Å². The number of hydrogen-bond acceptors (Lipinski definition) is 8. The number of carbonyl (C=O) groups excluding carboxylic acids is 2. The number of aliphatic hydroxyl groups is 1. The van der Waals surface area contributed by atoms with Crippen molar-refractivity contribution in [1.82, 2.24) is 5.48 Å². The normalized spacial score (nSPS) is 12.7. The maximum absolute atomic E-state index is 12.9. The number of nitrogens with one attached hydrogen (secondary N) is 2. The summed E-state index contributed by atoms with van der Waals surface area (Å²) in [6.07, 6.45) is 3.55. The molecule has 0 bridgehead atoms. The third-order valence-electron chi connectivity index (χ3n) is 4.86. The standard InChI is InChI=1S/C25H32N2O7S/c1-3-32-22(10-6-7-11-23(29)27-31)24(20-8-4-5-9-21(20)33-17-16-28)34-25(30)26-18-12-14-19(35-2)15-13-18/h4-5,7-9,11-15,22,24,28,31H,3,6,10,16-17H2,1-2H3,(H,26,30)(H,27,29)/b11-7+/t22-,24-/m1/s1. The van der Waals surface area contributed by atoms with Gasteiger partial charge in [-0.25, -0.2) is 10.3 Å². The number of anilines is 1. The molecule has 4 N–H and O–H groups in total. The lowest BCUT2D eigenvalue weighted by molar-refractivity contribution is -0.124. The Morgan fingerprint density at radius 2 is 1.89 bits per heavy atom. The van der Waals surface area contributed by atoms with Gasteiger partial charge in [-0.3, -0.25) is 15.3 Å². The second-order valence-electron chi connectivity index (χ2n) is 7.24. The van der Waals surface area contributed by atoms with Crippen LogP contribution in [0.15, 0.2) is 65.6 Å². The molecule has 0 aliphatic carbocycles. The van der Waals surface area contributed by atoms with E-state index in [0.29, 0.717) is 36.4 Å². The molecule has 0 saturated heterocycles. The first-order chi connectivity index (χ1) is 17.0. The predicted octanol–water partition coefficient (Wildman–Crippen LogP) is 4.32. The molecule has 0 spiro atoms. The van der Waals surface area contributed by atoms with Crippen molar-refractivity contribution < 1.29 is 34.1 Å². The first-order valence-corrected chi connectivity index (χ1v) is 12.4. The van der Waals surface area contributed by atoms with Crippen molar-refractivity contribution in [2.75, 3.05) is 31.4 Å². The van der Waals surface area contributed by atoms with Crippen molar-refractivity contribution in [3.63, 3.8) is 0 Å². The molecule has 2 amide bonds. The van der Waals surface area contributed by atoms with Gasteiger partial charge in [0.1, 0.15) is 12.4 Å². The van der Waals surface area contributed by atoms with Gasteiger partial charge in [-0.2, -0.15) is 0 Å². The molecule has 2 rings (SSSR count). The van der Waals surface area contributed by atoms with Crippen molar-refractivity contribution >= 4 is 29.4 Å². The zero-order valence-electron chi connectivity index (χ0n) is 19.8. The van der Waals surface area contributed by atoms with Crippen LogP contribution in [0.25, 0.3) is 0 Å². The van der Waals surface area contributed by atoms with Gasteiger partial charge < -0.3 is 19.3 Å². The number of hydroxylamine groups is 1. The second kappa shape index (κ2) is 15.8. The number of aliphatic hydroxyl groups excluding tert-OH is 1. The third kappa shape index (κ3) is 9.61. The first-order valence-electron chi connectivity index (χ1n) is 11.2. The summed E-state index contributed by atoms with van der Waals surface area (Å²) in [6, 6.07) is 14.5. The largest absolute Gasteiger partial charge is 0.491 e. The maximum Gasteiger partial charge on any atom is 0.412 e. The number of rotatable bonds is 14. The fourth-order valence-corrected chi connectivity index (χ4v) is 3.71. The highest BCUT2D eigenvalue weighted by atomic mass is 32.2. The van der Waals surface area contributed by atoms with Crippen LogP contribution in [0.1, 0.15) is 31.4 Å². The molecular weight excluding hydrogens is 472 g/mol. The molecule has 0 saturated carbocycles. The minimum atomic E-state index is -0.838. The Balaban J connectivity index is 2.28. The second-order valence-corrected chi connectivity index (χ2v) is 8.12. The third-order valence-corrected chi connectivity index (χ3v) is 5.60. The monoisotopic (exact) mass is 504 g/mol. The van der Waals surface area contributed by atoms with E-state index in [1.54, 1.807) is 54.2 Å². The van der Waals surface area contributed by atoms with E-state index in [9.17, 15) is 14.7 Å². The van der Waals surface area contributed by atoms with Gasteiger partial charge in [-0.15, -0.1) is 11.8 Å². The number of thioether (sulfide) groups is 1. The molecule has 0 heterocycles. The molecule has 0 aliphatic heterocycles. The number of benzene rings is 2. The molecule has 2 aromatic carbocycles. The molecule has 2 aromatic rings. The van der Waals surface area contributed by atoms with Crippen LogP contribution in [0.2, 0.25) is 0 Å². The highest BCUT2D eigenvalue weighted by Crippen LogP contribution is 2.34. The SMILES string of the molecule is CCO[C@H](CC/C=C/C(=O)NO)[C@H](OC(=O)Nc1ccc(SC)cc1)c1ccccc1OCCO. The van der Waals surface area contributed by atoms with Gasteiger partial charge >= 0.3 is 6.09 Å². The van der Waals surface area contributed by atoms with Gasteiger partial charge in [0, 0.05) is 28.8 Å². The topological polar surface area (TPSA) is 126 Å². The van der Waals surface area contributed by atoms with E-state index in [0.717, 1.165) is 4.90 Å². The quantitative estimate of drug-likeness (QED) is 0.130. The summed E-state index contributed by atoms with van der Waals surface area (Å²) in [4.78, 5) is 25.2. The minimum absolute atomic E-state index is 0.0794.